The third kappa shape index (κ3) is 2.87. The molecule has 0 radical (unpaired) electrons. The molecule has 1 aliphatic carbocycles. The number of hydrogen-bond acceptors (Lipinski definition) is 3. The van der Waals surface area contributed by atoms with Crippen LogP contribution in [-0.4, -0.2) is 27.5 Å². The number of nitrogens with zero attached hydrogens (tertiary/aromatic N) is 2. The molecular weight excluding hydrogens is 214 g/mol. The normalized spacial score (nSPS) is 21.2. The molecule has 0 bridgehead atoms. The van der Waals surface area contributed by atoms with E-state index >= 15 is 0 Å². The lowest BCUT2D eigenvalue weighted by molar-refractivity contribution is 0.155. The van der Waals surface area contributed by atoms with E-state index < -0.39 is 0 Å². The highest BCUT2D eigenvalue weighted by molar-refractivity contribution is 5.24. The van der Waals surface area contributed by atoms with Crippen molar-refractivity contribution in [3.05, 3.63) is 17.5 Å². The Labute approximate surface area is 103 Å². The average molecular weight is 237 g/mol. The van der Waals surface area contributed by atoms with Crippen molar-refractivity contribution in [2.24, 2.45) is 7.05 Å². The van der Waals surface area contributed by atoms with Crippen molar-refractivity contribution in [1.82, 2.24) is 15.1 Å². The molecule has 17 heavy (non-hydrogen) atoms. The summed E-state index contributed by atoms with van der Waals surface area (Å²) in [5.41, 5.74) is 2.67. The van der Waals surface area contributed by atoms with E-state index in [2.05, 4.69) is 17.3 Å². The van der Waals surface area contributed by atoms with Crippen LogP contribution in [0.1, 0.15) is 49.9 Å². The van der Waals surface area contributed by atoms with Crippen molar-refractivity contribution in [2.75, 3.05) is 6.54 Å². The van der Waals surface area contributed by atoms with Crippen LogP contribution in [0, 0.1) is 0 Å². The van der Waals surface area contributed by atoms with Crippen LogP contribution in [0.15, 0.2) is 6.20 Å². The lowest BCUT2D eigenvalue weighted by atomic mass is 9.93. The summed E-state index contributed by atoms with van der Waals surface area (Å²) in [6.45, 7) is 2.79. The van der Waals surface area contributed by atoms with E-state index in [1.807, 2.05) is 17.9 Å². The van der Waals surface area contributed by atoms with E-state index in [1.54, 1.807) is 0 Å². The average Bonchev–Trinajstić information content (AvgIpc) is 2.70. The molecule has 2 atom stereocenters. The van der Waals surface area contributed by atoms with E-state index in [0.29, 0.717) is 12.6 Å². The quantitative estimate of drug-likeness (QED) is 0.817. The number of fused-ring (bicyclic) bond motifs is 1. The maximum absolute atomic E-state index is 9.75. The number of aliphatic hydroxyl groups excluding tert-OH is 1. The molecule has 96 valence electrons. The molecule has 1 heterocycles. The van der Waals surface area contributed by atoms with Crippen molar-refractivity contribution in [3.63, 3.8) is 0 Å². The topological polar surface area (TPSA) is 50.1 Å². The van der Waals surface area contributed by atoms with Crippen molar-refractivity contribution < 1.29 is 5.11 Å². The van der Waals surface area contributed by atoms with Gasteiger partial charge in [0.1, 0.15) is 0 Å². The van der Waals surface area contributed by atoms with E-state index in [1.165, 1.54) is 17.7 Å². The second-order valence-corrected chi connectivity index (χ2v) is 4.97. The molecule has 4 heteroatoms. The number of aliphatic hydroxyl groups is 1. The SMILES string of the molecule is CCCC(O)CNC1CCCc2c1cnn2C. The monoisotopic (exact) mass is 237 g/mol. The van der Waals surface area contributed by atoms with Gasteiger partial charge >= 0.3 is 0 Å². The van der Waals surface area contributed by atoms with Crippen molar-refractivity contribution in [1.29, 1.82) is 0 Å². The van der Waals surface area contributed by atoms with Crippen LogP contribution < -0.4 is 5.32 Å². The standard InChI is InChI=1S/C13H23N3O/c1-3-5-10(17)8-14-12-6-4-7-13-11(12)9-15-16(13)2/h9-10,12,14,17H,3-8H2,1-2H3. The van der Waals surface area contributed by atoms with Crippen LogP contribution in [0.5, 0.6) is 0 Å². The molecule has 0 spiro atoms. The Bertz CT molecular complexity index is 362. The number of rotatable bonds is 5. The molecule has 0 fully saturated rings. The molecule has 0 aromatic carbocycles. The number of aromatic nitrogens is 2. The second-order valence-electron chi connectivity index (χ2n) is 4.97. The molecule has 0 saturated carbocycles. The lowest BCUT2D eigenvalue weighted by Gasteiger charge is -2.25. The zero-order valence-corrected chi connectivity index (χ0v) is 10.8. The van der Waals surface area contributed by atoms with Gasteiger partial charge in [-0.2, -0.15) is 5.10 Å². The second kappa shape index (κ2) is 5.65. The Morgan fingerprint density at radius 1 is 1.65 bits per heavy atom. The minimum atomic E-state index is -0.220. The molecule has 0 saturated heterocycles. The number of nitrogens with one attached hydrogen (secondary N) is 1. The van der Waals surface area contributed by atoms with E-state index in [0.717, 1.165) is 25.7 Å². The van der Waals surface area contributed by atoms with Crippen LogP contribution >= 0.6 is 0 Å². The smallest absolute Gasteiger partial charge is 0.0664 e. The van der Waals surface area contributed by atoms with Crippen LogP contribution in [0.3, 0.4) is 0 Å². The molecule has 2 unspecified atom stereocenters. The molecule has 4 nitrogen and oxygen atoms in total. The highest BCUT2D eigenvalue weighted by Gasteiger charge is 2.23. The fraction of sp³-hybridized carbons (Fsp3) is 0.769. The Morgan fingerprint density at radius 2 is 2.47 bits per heavy atom. The van der Waals surface area contributed by atoms with Gasteiger partial charge < -0.3 is 10.4 Å². The summed E-state index contributed by atoms with van der Waals surface area (Å²) in [5, 5.41) is 17.5. The minimum absolute atomic E-state index is 0.220. The number of aryl methyl sites for hydroxylation is 1. The summed E-state index contributed by atoms with van der Waals surface area (Å²) in [5.74, 6) is 0. The molecule has 1 aliphatic rings. The molecule has 2 rings (SSSR count). The van der Waals surface area contributed by atoms with Crippen molar-refractivity contribution in [2.45, 2.75) is 51.2 Å². The zero-order chi connectivity index (χ0) is 12.3. The van der Waals surface area contributed by atoms with Crippen LogP contribution in [0.25, 0.3) is 0 Å². The van der Waals surface area contributed by atoms with E-state index in [4.69, 9.17) is 0 Å². The third-order valence-corrected chi connectivity index (χ3v) is 3.60. The molecule has 1 aromatic heterocycles. The van der Waals surface area contributed by atoms with Gasteiger partial charge in [-0.3, -0.25) is 4.68 Å². The highest BCUT2D eigenvalue weighted by atomic mass is 16.3. The van der Waals surface area contributed by atoms with Gasteiger partial charge in [-0.15, -0.1) is 0 Å². The maximum Gasteiger partial charge on any atom is 0.0664 e. The van der Waals surface area contributed by atoms with Gasteiger partial charge in [0.15, 0.2) is 0 Å². The van der Waals surface area contributed by atoms with Gasteiger partial charge in [0.2, 0.25) is 0 Å². The first-order chi connectivity index (χ1) is 8.22. The summed E-state index contributed by atoms with van der Waals surface area (Å²) >= 11 is 0. The molecule has 2 N–H and O–H groups in total. The van der Waals surface area contributed by atoms with Gasteiger partial charge in [-0.05, 0) is 25.7 Å². The fourth-order valence-corrected chi connectivity index (χ4v) is 2.63. The highest BCUT2D eigenvalue weighted by Crippen LogP contribution is 2.28. The Hall–Kier alpha value is -0.870. The van der Waals surface area contributed by atoms with Crippen LogP contribution in [-0.2, 0) is 13.5 Å². The van der Waals surface area contributed by atoms with E-state index in [-0.39, 0.29) is 6.10 Å². The Balaban J connectivity index is 1.94. The van der Waals surface area contributed by atoms with E-state index in [9.17, 15) is 5.11 Å². The first kappa shape index (κ1) is 12.6. The van der Waals surface area contributed by atoms with Gasteiger partial charge in [-0.1, -0.05) is 13.3 Å². The first-order valence-electron chi connectivity index (χ1n) is 6.64. The fourth-order valence-electron chi connectivity index (χ4n) is 2.63. The molecule has 1 aromatic rings. The minimum Gasteiger partial charge on any atom is -0.392 e. The Kier molecular flexibility index (Phi) is 4.18. The summed E-state index contributed by atoms with van der Waals surface area (Å²) in [7, 11) is 2.01. The number of hydrogen-bond donors (Lipinski definition) is 2. The predicted molar refractivity (Wildman–Crippen MR) is 67.8 cm³/mol. The van der Waals surface area contributed by atoms with Gasteiger partial charge in [0.25, 0.3) is 0 Å². The van der Waals surface area contributed by atoms with Crippen molar-refractivity contribution >= 4 is 0 Å². The maximum atomic E-state index is 9.75. The molecular formula is C13H23N3O. The molecule has 0 amide bonds. The first-order valence-corrected chi connectivity index (χ1v) is 6.64. The molecule has 0 aliphatic heterocycles. The summed E-state index contributed by atoms with van der Waals surface area (Å²) in [4.78, 5) is 0. The predicted octanol–water partition coefficient (Wildman–Crippen LogP) is 1.55. The lowest BCUT2D eigenvalue weighted by Crippen LogP contribution is -2.32. The van der Waals surface area contributed by atoms with Gasteiger partial charge in [0.05, 0.1) is 12.3 Å². The van der Waals surface area contributed by atoms with Gasteiger partial charge in [-0.25, -0.2) is 0 Å². The van der Waals surface area contributed by atoms with Crippen LogP contribution in [0.2, 0.25) is 0 Å². The largest absolute Gasteiger partial charge is 0.392 e. The summed E-state index contributed by atoms with van der Waals surface area (Å²) in [6.07, 6.45) is 7.14. The third-order valence-electron chi connectivity index (χ3n) is 3.60. The Morgan fingerprint density at radius 3 is 3.24 bits per heavy atom. The van der Waals surface area contributed by atoms with Crippen molar-refractivity contribution in [3.8, 4) is 0 Å². The van der Waals surface area contributed by atoms with Crippen LogP contribution in [0.4, 0.5) is 0 Å². The summed E-state index contributed by atoms with van der Waals surface area (Å²) in [6, 6.07) is 0.374. The zero-order valence-electron chi connectivity index (χ0n) is 10.8. The summed E-state index contributed by atoms with van der Waals surface area (Å²) < 4.78 is 1.98. The van der Waals surface area contributed by atoms with Gasteiger partial charge in [0, 0.05) is 30.9 Å².